The number of amides is 1. The van der Waals surface area contributed by atoms with Crippen molar-refractivity contribution in [3.05, 3.63) is 16.9 Å². The van der Waals surface area contributed by atoms with Crippen LogP contribution < -0.4 is 24.2 Å². The Hall–Kier alpha value is -1.47. The number of methoxy groups -OCH3 is 2. The molecule has 1 rings (SSSR count). The summed E-state index contributed by atoms with van der Waals surface area (Å²) in [7, 11) is 2.53. The van der Waals surface area contributed by atoms with Crippen LogP contribution in [0.5, 0.6) is 11.5 Å². The summed E-state index contributed by atoms with van der Waals surface area (Å²) < 4.78 is 24.8. The first-order valence-electron chi connectivity index (χ1n) is 5.66. The molecule has 0 aliphatic carbocycles. The van der Waals surface area contributed by atoms with Crippen LogP contribution in [0.15, 0.2) is 0 Å². The molecule has 9 heteroatoms. The number of hydrogen-bond donors (Lipinski definition) is 3. The number of carbonyl (C=O) groups is 2. The number of halogens is 1. The molecule has 0 aliphatic heterocycles. The van der Waals surface area contributed by atoms with E-state index in [1.165, 1.54) is 14.2 Å². The van der Waals surface area contributed by atoms with E-state index in [-0.39, 0.29) is 22.6 Å². The third kappa shape index (κ3) is 3.41. The Labute approximate surface area is 135 Å². The van der Waals surface area contributed by atoms with E-state index >= 15 is 0 Å². The molecular weight excluding hydrogens is 481 g/mol. The van der Waals surface area contributed by atoms with Gasteiger partial charge in [0.2, 0.25) is 0 Å². The van der Waals surface area contributed by atoms with Crippen LogP contribution in [-0.4, -0.2) is 37.2 Å². The van der Waals surface area contributed by atoms with Gasteiger partial charge in [-0.2, -0.15) is 0 Å². The summed E-state index contributed by atoms with van der Waals surface area (Å²) in [4.78, 5) is 22.4. The van der Waals surface area contributed by atoms with Gasteiger partial charge in [0.05, 0.1) is 0 Å². The van der Waals surface area contributed by atoms with Gasteiger partial charge in [0, 0.05) is 0 Å². The monoisotopic (exact) mass is 495 g/mol. The van der Waals surface area contributed by atoms with Gasteiger partial charge in [0.15, 0.2) is 0 Å². The molecule has 1 aromatic rings. The Balaban J connectivity index is 3.64. The molecule has 0 spiro atoms. The molecule has 0 fully saturated rings. The van der Waals surface area contributed by atoms with Crippen molar-refractivity contribution in [2.24, 2.45) is 11.5 Å². The van der Waals surface area contributed by atoms with E-state index in [9.17, 15) is 14.0 Å². The van der Waals surface area contributed by atoms with E-state index < -0.39 is 30.2 Å². The number of primary amides is 1. The predicted molar refractivity (Wildman–Crippen MR) is 67.0 cm³/mol. The molecule has 0 bridgehead atoms. The molecule has 0 saturated carbocycles. The second kappa shape index (κ2) is 7.00. The first-order valence-corrected chi connectivity index (χ1v) is 7.13. The molecule has 1 aromatic carbocycles. The molecule has 1 amide bonds. The van der Waals surface area contributed by atoms with Crippen molar-refractivity contribution in [3.63, 3.8) is 0 Å². The van der Waals surface area contributed by atoms with E-state index in [0.29, 0.717) is 3.27 Å². The van der Waals surface area contributed by atoms with Crippen molar-refractivity contribution >= 4 is 15.1 Å². The van der Waals surface area contributed by atoms with Crippen LogP contribution in [0.1, 0.15) is 15.9 Å². The van der Waals surface area contributed by atoms with Gasteiger partial charge in [0.1, 0.15) is 0 Å². The predicted octanol–water partition coefficient (Wildman–Crippen LogP) is -0.929. The zero-order chi connectivity index (χ0) is 16.3. The molecule has 7 nitrogen and oxygen atoms in total. The van der Waals surface area contributed by atoms with Crippen molar-refractivity contribution in [1.29, 1.82) is 0 Å². The number of hydrogen-bond acceptors (Lipinski definition) is 5. The standard InChI is InChI=1S/C12H14AtFN2O5/c1-20-9-7(13)6(11(16)17)4(3-5(15)12(18)19)8(14)10(9)21-2/h5H,3,15H2,1-2H3,(H2,16,17)(H,18,19). The van der Waals surface area contributed by atoms with Crippen molar-refractivity contribution in [1.82, 2.24) is 0 Å². The minimum atomic E-state index is -1.37. The van der Waals surface area contributed by atoms with Crippen molar-refractivity contribution in [2.75, 3.05) is 14.2 Å². The topological polar surface area (TPSA) is 125 Å². The number of carboxylic acids is 1. The fraction of sp³-hybridized carbons (Fsp3) is 0.333. The summed E-state index contributed by atoms with van der Waals surface area (Å²) in [5, 5.41) is 8.84. The SMILES string of the molecule is COc1c(F)c(CC(N)C(=O)O)c(C(N)=O)c([At])c1OC. The summed E-state index contributed by atoms with van der Waals surface area (Å²) in [6, 6.07) is -1.37. The summed E-state index contributed by atoms with van der Waals surface area (Å²) >= 11 is 1.03. The Morgan fingerprint density at radius 1 is 1.33 bits per heavy atom. The van der Waals surface area contributed by atoms with Crippen molar-refractivity contribution in [2.45, 2.75) is 12.5 Å². The zero-order valence-electron chi connectivity index (χ0n) is 11.3. The van der Waals surface area contributed by atoms with Crippen LogP contribution >= 0.6 is 0 Å². The van der Waals surface area contributed by atoms with E-state index in [0.717, 1.165) is 24.7 Å². The van der Waals surface area contributed by atoms with Gasteiger partial charge in [-0.1, -0.05) is 0 Å². The molecule has 0 aliphatic rings. The number of carbonyl (C=O) groups excluding carboxylic acids is 1. The van der Waals surface area contributed by atoms with Crippen LogP contribution in [0.4, 0.5) is 4.39 Å². The first kappa shape index (κ1) is 17.6. The van der Waals surface area contributed by atoms with Gasteiger partial charge in [-0.05, 0) is 0 Å². The fourth-order valence-electron chi connectivity index (χ4n) is 1.81. The first-order chi connectivity index (χ1) is 9.76. The van der Waals surface area contributed by atoms with Gasteiger partial charge in [0.25, 0.3) is 0 Å². The second-order valence-corrected chi connectivity index (χ2v) is 5.53. The molecule has 0 radical (unpaired) electrons. The molecule has 0 saturated heterocycles. The van der Waals surface area contributed by atoms with Gasteiger partial charge in [-0.3, -0.25) is 0 Å². The van der Waals surface area contributed by atoms with Crippen LogP contribution in [0.2, 0.25) is 0 Å². The third-order valence-electron chi connectivity index (χ3n) is 2.79. The van der Waals surface area contributed by atoms with Crippen LogP contribution in [0, 0.1) is 30.5 Å². The fourth-order valence-corrected chi connectivity index (χ4v) is 3.25. The number of benzene rings is 1. The van der Waals surface area contributed by atoms with Gasteiger partial charge in [-0.25, -0.2) is 0 Å². The maximum absolute atomic E-state index is 14.5. The van der Waals surface area contributed by atoms with E-state index in [1.807, 2.05) is 0 Å². The van der Waals surface area contributed by atoms with E-state index in [2.05, 4.69) is 0 Å². The average Bonchev–Trinajstić information content (AvgIpc) is 2.41. The average molecular weight is 495 g/mol. The zero-order valence-corrected chi connectivity index (χ0v) is 14.2. The maximum atomic E-state index is 14.5. The summed E-state index contributed by atoms with van der Waals surface area (Å²) in [6.45, 7) is 0. The number of ether oxygens (including phenoxy) is 2. The van der Waals surface area contributed by atoms with Crippen molar-refractivity contribution in [3.8, 4) is 11.5 Å². The molecular formula is C12H14AtFN2O5. The second-order valence-electron chi connectivity index (χ2n) is 4.06. The molecule has 116 valence electrons. The van der Waals surface area contributed by atoms with Crippen LogP contribution in [-0.2, 0) is 11.2 Å². The Morgan fingerprint density at radius 3 is 2.24 bits per heavy atom. The molecule has 1 atom stereocenters. The third-order valence-corrected chi connectivity index (χ3v) is 4.19. The van der Waals surface area contributed by atoms with Gasteiger partial charge in [-0.15, -0.1) is 0 Å². The molecule has 1 unspecified atom stereocenters. The summed E-state index contributed by atoms with van der Waals surface area (Å²) in [6.07, 6.45) is -0.393. The molecule has 21 heavy (non-hydrogen) atoms. The molecule has 0 heterocycles. The Morgan fingerprint density at radius 2 is 1.86 bits per heavy atom. The number of nitrogens with two attached hydrogens (primary N) is 2. The molecule has 0 aromatic heterocycles. The normalized spacial score (nSPS) is 11.9. The summed E-state index contributed by atoms with van der Waals surface area (Å²) in [5.74, 6) is -3.28. The van der Waals surface area contributed by atoms with Gasteiger partial charge < -0.3 is 0 Å². The Bertz CT molecular complexity index is 594. The number of rotatable bonds is 6. The molecule has 5 N–H and O–H groups in total. The number of aliphatic carboxylic acids is 1. The van der Waals surface area contributed by atoms with Gasteiger partial charge >= 0.3 is 135 Å². The van der Waals surface area contributed by atoms with Crippen LogP contribution in [0.3, 0.4) is 0 Å². The quantitative estimate of drug-likeness (QED) is 0.469. The Kier molecular flexibility index (Phi) is 5.86. The van der Waals surface area contributed by atoms with Crippen molar-refractivity contribution < 1.29 is 53.3 Å². The summed E-state index contributed by atoms with van der Waals surface area (Å²) in [5.41, 5.74) is 10.4. The van der Waals surface area contributed by atoms with E-state index in [1.54, 1.807) is 0 Å². The van der Waals surface area contributed by atoms with Crippen LogP contribution in [0.25, 0.3) is 0 Å². The minimum absolute atomic E-state index is 0.0492. The van der Waals surface area contributed by atoms with E-state index in [4.69, 9.17) is 26.0 Å². The number of carboxylic acid groups (broad SMARTS) is 1.